The van der Waals surface area contributed by atoms with E-state index < -0.39 is 11.7 Å². The van der Waals surface area contributed by atoms with Gasteiger partial charge < -0.3 is 14.6 Å². The van der Waals surface area contributed by atoms with Gasteiger partial charge in [0, 0.05) is 17.7 Å². The molecule has 0 aromatic heterocycles. The molecule has 0 bridgehead atoms. The second-order valence-corrected chi connectivity index (χ2v) is 6.43. The van der Waals surface area contributed by atoms with Crippen LogP contribution in [0, 0.1) is 0 Å². The predicted molar refractivity (Wildman–Crippen MR) is 83.5 cm³/mol. The first-order valence-corrected chi connectivity index (χ1v) is 8.46. The van der Waals surface area contributed by atoms with Crippen molar-refractivity contribution in [3.05, 3.63) is 28.2 Å². The van der Waals surface area contributed by atoms with E-state index in [1.54, 1.807) is 0 Å². The first kappa shape index (κ1) is 18.5. The van der Waals surface area contributed by atoms with E-state index in [4.69, 9.17) is 14.6 Å². The lowest BCUT2D eigenvalue weighted by Gasteiger charge is -2.30. The Morgan fingerprint density at radius 1 is 1.13 bits per heavy atom. The smallest absolute Gasteiger partial charge is 0.421 e. The van der Waals surface area contributed by atoms with Crippen molar-refractivity contribution in [2.45, 2.75) is 50.5 Å². The van der Waals surface area contributed by atoms with Gasteiger partial charge in [-0.1, -0.05) is 22.0 Å². The monoisotopic (exact) mass is 396 g/mol. The summed E-state index contributed by atoms with van der Waals surface area (Å²) in [6.45, 7) is 0.609. The molecule has 0 unspecified atom stereocenters. The van der Waals surface area contributed by atoms with Crippen molar-refractivity contribution < 1.29 is 27.8 Å². The third kappa shape index (κ3) is 5.36. The van der Waals surface area contributed by atoms with Gasteiger partial charge in [-0.2, -0.15) is 13.2 Å². The number of ether oxygens (including phenoxy) is 2. The van der Waals surface area contributed by atoms with E-state index in [1.807, 2.05) is 0 Å². The van der Waals surface area contributed by atoms with Crippen LogP contribution in [0.2, 0.25) is 0 Å². The number of aliphatic hydroxyl groups excluding tert-OH is 1. The average molecular weight is 397 g/mol. The maximum atomic E-state index is 13.1. The quantitative estimate of drug-likeness (QED) is 0.716. The van der Waals surface area contributed by atoms with Crippen LogP contribution in [-0.2, 0) is 10.9 Å². The van der Waals surface area contributed by atoms with Gasteiger partial charge in [-0.3, -0.25) is 0 Å². The highest BCUT2D eigenvalue weighted by molar-refractivity contribution is 9.10. The van der Waals surface area contributed by atoms with Crippen LogP contribution in [0.5, 0.6) is 5.75 Å². The molecule has 130 valence electrons. The van der Waals surface area contributed by atoms with Crippen LogP contribution in [0.1, 0.15) is 37.7 Å². The van der Waals surface area contributed by atoms with Gasteiger partial charge in [0.2, 0.25) is 0 Å². The molecule has 1 aromatic rings. The minimum absolute atomic E-state index is 0.0106. The van der Waals surface area contributed by atoms with Crippen molar-refractivity contribution in [1.29, 1.82) is 0 Å². The zero-order valence-corrected chi connectivity index (χ0v) is 14.2. The third-order valence-electron chi connectivity index (χ3n) is 3.83. The van der Waals surface area contributed by atoms with Crippen LogP contribution in [0.25, 0.3) is 0 Å². The molecule has 0 saturated heterocycles. The maximum Gasteiger partial charge on any atom is 0.421 e. The Morgan fingerprint density at radius 3 is 2.39 bits per heavy atom. The number of rotatable bonds is 6. The van der Waals surface area contributed by atoms with E-state index in [0.717, 1.165) is 12.8 Å². The minimum Gasteiger partial charge on any atom is -0.490 e. The lowest BCUT2D eigenvalue weighted by Crippen LogP contribution is -2.29. The van der Waals surface area contributed by atoms with Gasteiger partial charge in [0.1, 0.15) is 11.3 Å². The summed E-state index contributed by atoms with van der Waals surface area (Å²) >= 11 is 2.95. The van der Waals surface area contributed by atoms with Crippen LogP contribution < -0.4 is 4.74 Å². The molecule has 2 rings (SSSR count). The molecule has 3 nitrogen and oxygen atoms in total. The summed E-state index contributed by atoms with van der Waals surface area (Å²) in [4.78, 5) is 0. The summed E-state index contributed by atoms with van der Waals surface area (Å²) < 4.78 is 50.7. The lowest BCUT2D eigenvalue weighted by molar-refractivity contribution is -0.140. The number of aliphatic hydroxyl groups is 1. The topological polar surface area (TPSA) is 38.7 Å². The molecule has 1 fully saturated rings. The van der Waals surface area contributed by atoms with Gasteiger partial charge in [-0.15, -0.1) is 0 Å². The average Bonchev–Trinajstić information content (AvgIpc) is 2.48. The van der Waals surface area contributed by atoms with Crippen molar-refractivity contribution in [2.24, 2.45) is 0 Å². The molecule has 0 aliphatic heterocycles. The highest BCUT2D eigenvalue weighted by Crippen LogP contribution is 2.42. The fraction of sp³-hybridized carbons (Fsp3) is 0.625. The van der Waals surface area contributed by atoms with Crippen molar-refractivity contribution in [3.63, 3.8) is 0 Å². The van der Waals surface area contributed by atoms with Crippen LogP contribution in [0.3, 0.4) is 0 Å². The Bertz CT molecular complexity index is 500. The fourth-order valence-corrected chi connectivity index (χ4v) is 3.26. The van der Waals surface area contributed by atoms with E-state index in [-0.39, 0.29) is 29.0 Å². The SMILES string of the molecule is OCCCOC1CCC(Oc2cccc(Br)c2C(F)(F)F)CC1. The lowest BCUT2D eigenvalue weighted by atomic mass is 9.95. The second kappa shape index (κ2) is 8.35. The largest absolute Gasteiger partial charge is 0.490 e. The van der Waals surface area contributed by atoms with Gasteiger partial charge in [0.25, 0.3) is 0 Å². The summed E-state index contributed by atoms with van der Waals surface area (Å²) in [5.41, 5.74) is -0.763. The van der Waals surface area contributed by atoms with Crippen LogP contribution in [0.4, 0.5) is 13.2 Å². The van der Waals surface area contributed by atoms with E-state index in [1.165, 1.54) is 18.2 Å². The molecule has 1 aliphatic carbocycles. The molecule has 7 heteroatoms. The molecule has 0 spiro atoms. The minimum atomic E-state index is -4.46. The number of benzene rings is 1. The zero-order valence-electron chi connectivity index (χ0n) is 12.6. The van der Waals surface area contributed by atoms with Crippen LogP contribution in [-0.4, -0.2) is 30.5 Å². The molecule has 1 saturated carbocycles. The van der Waals surface area contributed by atoms with Crippen molar-refractivity contribution in [1.82, 2.24) is 0 Å². The molecular weight excluding hydrogens is 377 g/mol. The van der Waals surface area contributed by atoms with E-state index >= 15 is 0 Å². The van der Waals surface area contributed by atoms with Gasteiger partial charge in [-0.25, -0.2) is 0 Å². The second-order valence-electron chi connectivity index (χ2n) is 5.58. The normalized spacial score (nSPS) is 22.1. The first-order chi connectivity index (χ1) is 10.9. The van der Waals surface area contributed by atoms with E-state index in [0.29, 0.717) is 25.9 Å². The summed E-state index contributed by atoms with van der Waals surface area (Å²) in [6, 6.07) is 4.26. The van der Waals surface area contributed by atoms with Gasteiger partial charge >= 0.3 is 6.18 Å². The fourth-order valence-electron chi connectivity index (χ4n) is 2.69. The Labute approximate surface area is 141 Å². The molecule has 1 aliphatic rings. The highest BCUT2D eigenvalue weighted by Gasteiger charge is 2.37. The van der Waals surface area contributed by atoms with Gasteiger partial charge in [-0.05, 0) is 44.2 Å². The standard InChI is InChI=1S/C16H20BrF3O3/c17-13-3-1-4-14(15(13)16(18,19)20)23-12-7-5-11(6-8-12)22-10-2-9-21/h1,3-4,11-12,21H,2,5-10H2. The highest BCUT2D eigenvalue weighted by atomic mass is 79.9. The van der Waals surface area contributed by atoms with Crippen molar-refractivity contribution >= 4 is 15.9 Å². The van der Waals surface area contributed by atoms with Gasteiger partial charge in [0.05, 0.1) is 12.2 Å². The summed E-state index contributed by atoms with van der Waals surface area (Å²) in [5, 5.41) is 8.72. The predicted octanol–water partition coefficient (Wildman–Crippen LogP) is 4.56. The molecular formula is C16H20BrF3O3. The molecule has 0 atom stereocenters. The van der Waals surface area contributed by atoms with Crippen LogP contribution in [0.15, 0.2) is 22.7 Å². The zero-order chi connectivity index (χ0) is 16.9. The summed E-state index contributed by atoms with van der Waals surface area (Å²) in [6.07, 6.45) is -1.16. The summed E-state index contributed by atoms with van der Waals surface area (Å²) in [5.74, 6) is -0.128. The molecule has 23 heavy (non-hydrogen) atoms. The number of hydrogen-bond donors (Lipinski definition) is 1. The molecule has 1 aromatic carbocycles. The van der Waals surface area contributed by atoms with Gasteiger partial charge in [0.15, 0.2) is 0 Å². The maximum absolute atomic E-state index is 13.1. The third-order valence-corrected chi connectivity index (χ3v) is 4.49. The first-order valence-electron chi connectivity index (χ1n) is 7.66. The Kier molecular flexibility index (Phi) is 6.73. The van der Waals surface area contributed by atoms with E-state index in [2.05, 4.69) is 15.9 Å². The summed E-state index contributed by atoms with van der Waals surface area (Å²) in [7, 11) is 0. The number of alkyl halides is 3. The molecule has 1 N–H and O–H groups in total. The van der Waals surface area contributed by atoms with Crippen molar-refractivity contribution in [2.75, 3.05) is 13.2 Å². The van der Waals surface area contributed by atoms with E-state index in [9.17, 15) is 13.2 Å². The molecule has 0 radical (unpaired) electrons. The Balaban J connectivity index is 1.93. The molecule has 0 heterocycles. The Hall–Kier alpha value is -0.790. The van der Waals surface area contributed by atoms with Crippen LogP contribution >= 0.6 is 15.9 Å². The number of hydrogen-bond acceptors (Lipinski definition) is 3. The molecule has 0 amide bonds. The number of halogens is 4. The van der Waals surface area contributed by atoms with Crippen molar-refractivity contribution in [3.8, 4) is 5.75 Å². The Morgan fingerprint density at radius 2 is 1.78 bits per heavy atom.